The number of hydrogen-bond donors (Lipinski definition) is 0. The maximum atomic E-state index is 5.78. The van der Waals surface area contributed by atoms with Crippen LogP contribution in [0.2, 0.25) is 0 Å². The molecule has 0 heterocycles. The van der Waals surface area contributed by atoms with E-state index in [1.165, 1.54) is 38.5 Å². The van der Waals surface area contributed by atoms with Crippen molar-refractivity contribution in [1.29, 1.82) is 0 Å². The molecule has 0 aliphatic rings. The van der Waals surface area contributed by atoms with E-state index in [0.717, 1.165) is 18.4 Å². The van der Waals surface area contributed by atoms with E-state index in [-0.39, 0.29) is 0 Å². The van der Waals surface area contributed by atoms with Gasteiger partial charge in [-0.1, -0.05) is 75.2 Å². The predicted molar refractivity (Wildman–Crippen MR) is 71.5 cm³/mol. The highest BCUT2D eigenvalue weighted by molar-refractivity contribution is 6.33. The first kappa shape index (κ1) is 15.1. The van der Waals surface area contributed by atoms with Gasteiger partial charge in [-0.15, -0.1) is 0 Å². The van der Waals surface area contributed by atoms with Gasteiger partial charge in [-0.05, 0) is 18.4 Å². The Morgan fingerprint density at radius 2 is 1.60 bits per heavy atom. The minimum absolute atomic E-state index is 0.580. The molecule has 0 fully saturated rings. The van der Waals surface area contributed by atoms with Gasteiger partial charge in [0.2, 0.25) is 0 Å². The molecule has 0 unspecified atom stereocenters. The molecule has 0 aromatic rings. The van der Waals surface area contributed by atoms with Crippen molar-refractivity contribution in [2.75, 3.05) is 0 Å². The highest BCUT2D eigenvalue weighted by Gasteiger charge is 1.99. The smallest absolute Gasteiger partial charge is 0.0374 e. The second-order valence-electron chi connectivity index (χ2n) is 3.91. The molecule has 0 rings (SSSR count). The molecule has 15 heavy (non-hydrogen) atoms. The van der Waals surface area contributed by atoms with Crippen LogP contribution in [0, 0.1) is 0 Å². The highest BCUT2D eigenvalue weighted by Crippen LogP contribution is 2.20. The van der Waals surface area contributed by atoms with Crippen LogP contribution in [-0.2, 0) is 0 Å². The molecule has 0 bridgehead atoms. The van der Waals surface area contributed by atoms with Crippen LogP contribution < -0.4 is 0 Å². The Balaban J connectivity index is 3.34. The maximum Gasteiger partial charge on any atom is 0.0374 e. The van der Waals surface area contributed by atoms with Crippen LogP contribution in [0.1, 0.15) is 58.3 Å². The molecule has 0 nitrogen and oxygen atoms in total. The van der Waals surface area contributed by atoms with Crippen molar-refractivity contribution >= 4 is 23.2 Å². The van der Waals surface area contributed by atoms with Gasteiger partial charge in [0.25, 0.3) is 0 Å². The zero-order chi connectivity index (χ0) is 11.5. The number of halogens is 2. The van der Waals surface area contributed by atoms with Crippen molar-refractivity contribution in [1.82, 2.24) is 0 Å². The van der Waals surface area contributed by atoms with E-state index in [4.69, 9.17) is 23.2 Å². The second kappa shape index (κ2) is 10.6. The van der Waals surface area contributed by atoms with Gasteiger partial charge in [0.05, 0.1) is 0 Å². The maximum absolute atomic E-state index is 5.78. The first-order valence-corrected chi connectivity index (χ1v) is 6.67. The fourth-order valence-electron chi connectivity index (χ4n) is 1.52. The van der Waals surface area contributed by atoms with E-state index in [0.29, 0.717) is 5.03 Å². The van der Waals surface area contributed by atoms with Crippen LogP contribution in [-0.4, -0.2) is 0 Å². The summed E-state index contributed by atoms with van der Waals surface area (Å²) in [5.41, 5.74) is 2.53. The van der Waals surface area contributed by atoms with E-state index in [2.05, 4.69) is 13.5 Å². The topological polar surface area (TPSA) is 0 Å². The van der Waals surface area contributed by atoms with E-state index in [9.17, 15) is 0 Å². The largest absolute Gasteiger partial charge is 0.0926 e. The minimum Gasteiger partial charge on any atom is -0.0926 e. The third kappa shape index (κ3) is 9.02. The Bertz CT molecular complexity index is 195. The standard InChI is InChI=1S/C13H22Cl2/c1-3-4-5-6-7-8-9-10-13(11-14)12(2)15/h11H,2-10H2,1H3. The summed E-state index contributed by atoms with van der Waals surface area (Å²) in [4.78, 5) is 0. The van der Waals surface area contributed by atoms with E-state index in [1.54, 1.807) is 5.54 Å². The summed E-state index contributed by atoms with van der Waals surface area (Å²) in [6, 6.07) is 0. The van der Waals surface area contributed by atoms with Gasteiger partial charge in [-0.2, -0.15) is 0 Å². The second-order valence-corrected chi connectivity index (χ2v) is 4.59. The molecule has 0 aromatic carbocycles. The summed E-state index contributed by atoms with van der Waals surface area (Å²) in [6.45, 7) is 5.92. The van der Waals surface area contributed by atoms with Crippen molar-refractivity contribution in [2.45, 2.75) is 58.3 Å². The number of hydrogen-bond acceptors (Lipinski definition) is 0. The average Bonchev–Trinajstić information content (AvgIpc) is 2.21. The Labute approximate surface area is 104 Å². The van der Waals surface area contributed by atoms with Gasteiger partial charge in [-0.3, -0.25) is 0 Å². The SMILES string of the molecule is C=C(Cl)C(=CCl)CCCCCCCCC. The normalized spacial score (nSPS) is 11.8. The van der Waals surface area contributed by atoms with Crippen LogP contribution in [0.15, 0.2) is 22.7 Å². The lowest BCUT2D eigenvalue weighted by molar-refractivity contribution is 0.590. The molecule has 2 heteroatoms. The van der Waals surface area contributed by atoms with Crippen LogP contribution in [0.5, 0.6) is 0 Å². The molecular formula is C13H22Cl2. The van der Waals surface area contributed by atoms with Gasteiger partial charge >= 0.3 is 0 Å². The summed E-state index contributed by atoms with van der Waals surface area (Å²) >= 11 is 11.4. The molecular weight excluding hydrogens is 227 g/mol. The number of allylic oxidation sites excluding steroid dienone is 2. The van der Waals surface area contributed by atoms with E-state index >= 15 is 0 Å². The molecule has 0 aliphatic heterocycles. The molecule has 0 N–H and O–H groups in total. The molecule has 0 atom stereocenters. The Morgan fingerprint density at radius 1 is 1.07 bits per heavy atom. The summed E-state index contributed by atoms with van der Waals surface area (Å²) < 4.78 is 0. The van der Waals surface area contributed by atoms with Crippen LogP contribution >= 0.6 is 23.2 Å². The fraction of sp³-hybridized carbons (Fsp3) is 0.692. The van der Waals surface area contributed by atoms with Gasteiger partial charge < -0.3 is 0 Å². The van der Waals surface area contributed by atoms with Crippen molar-refractivity contribution in [3.8, 4) is 0 Å². The third-order valence-corrected chi connectivity index (χ3v) is 3.04. The molecule has 0 saturated heterocycles. The summed E-state index contributed by atoms with van der Waals surface area (Å²) in [6.07, 6.45) is 10.1. The summed E-state index contributed by atoms with van der Waals surface area (Å²) in [5.74, 6) is 0. The molecule has 0 spiro atoms. The van der Waals surface area contributed by atoms with Crippen LogP contribution in [0.3, 0.4) is 0 Å². The zero-order valence-corrected chi connectivity index (χ0v) is 11.2. The quantitative estimate of drug-likeness (QED) is 0.347. The first-order valence-electron chi connectivity index (χ1n) is 5.86. The number of unbranched alkanes of at least 4 members (excludes halogenated alkanes) is 6. The van der Waals surface area contributed by atoms with Gasteiger partial charge in [0.1, 0.15) is 0 Å². The average molecular weight is 249 g/mol. The van der Waals surface area contributed by atoms with Crippen molar-refractivity contribution < 1.29 is 0 Å². The van der Waals surface area contributed by atoms with Crippen LogP contribution in [0.25, 0.3) is 0 Å². The van der Waals surface area contributed by atoms with Crippen molar-refractivity contribution in [3.05, 3.63) is 22.7 Å². The predicted octanol–water partition coefficient (Wildman–Crippen LogP) is 6.00. The highest BCUT2D eigenvalue weighted by atomic mass is 35.5. The fourth-order valence-corrected chi connectivity index (χ4v) is 1.97. The summed E-state index contributed by atoms with van der Waals surface area (Å²) in [5, 5.41) is 0.580. The monoisotopic (exact) mass is 248 g/mol. The lowest BCUT2D eigenvalue weighted by Crippen LogP contribution is -1.84. The molecule has 0 radical (unpaired) electrons. The van der Waals surface area contributed by atoms with E-state index in [1.807, 2.05) is 0 Å². The van der Waals surface area contributed by atoms with Gasteiger partial charge in [0, 0.05) is 10.6 Å². The molecule has 0 amide bonds. The Kier molecular flexibility index (Phi) is 10.6. The lowest BCUT2D eigenvalue weighted by Gasteiger charge is -2.04. The van der Waals surface area contributed by atoms with Crippen molar-refractivity contribution in [2.24, 2.45) is 0 Å². The van der Waals surface area contributed by atoms with Gasteiger partial charge in [-0.25, -0.2) is 0 Å². The van der Waals surface area contributed by atoms with E-state index < -0.39 is 0 Å². The van der Waals surface area contributed by atoms with Gasteiger partial charge in [0.15, 0.2) is 0 Å². The van der Waals surface area contributed by atoms with Crippen molar-refractivity contribution in [3.63, 3.8) is 0 Å². The molecule has 0 aliphatic carbocycles. The third-order valence-electron chi connectivity index (χ3n) is 2.53. The Morgan fingerprint density at radius 3 is 2.07 bits per heavy atom. The zero-order valence-electron chi connectivity index (χ0n) is 9.70. The first-order chi connectivity index (χ1) is 7.22. The Hall–Kier alpha value is 0.0600. The summed E-state index contributed by atoms with van der Waals surface area (Å²) in [7, 11) is 0. The minimum atomic E-state index is 0.580. The van der Waals surface area contributed by atoms with Crippen LogP contribution in [0.4, 0.5) is 0 Å². The lowest BCUT2D eigenvalue weighted by atomic mass is 10.1. The number of rotatable bonds is 9. The molecule has 0 saturated carbocycles. The molecule has 0 aromatic heterocycles. The molecule has 88 valence electrons.